The van der Waals surface area contributed by atoms with Crippen LogP contribution in [0.5, 0.6) is 5.75 Å². The fourth-order valence-corrected chi connectivity index (χ4v) is 15.2. The summed E-state index contributed by atoms with van der Waals surface area (Å²) in [5.74, 6) is 3.42. The number of carbonyl (C=O) groups excluding carboxylic acids is 2. The number of aliphatic hydroxyl groups is 2. The highest BCUT2D eigenvalue weighted by Crippen LogP contribution is 2.78. The molecule has 0 heterocycles. The molecular formula is C45H62N2O5. The Labute approximate surface area is 311 Å². The molecule has 10 aliphatic rings. The number of nitrogens with one attached hydrogen (secondary N) is 1. The van der Waals surface area contributed by atoms with Crippen LogP contribution in [0.1, 0.15) is 122 Å². The van der Waals surface area contributed by atoms with Crippen LogP contribution in [0.15, 0.2) is 48.1 Å². The van der Waals surface area contributed by atoms with E-state index in [1.54, 1.807) is 7.11 Å². The van der Waals surface area contributed by atoms with E-state index in [4.69, 9.17) is 4.74 Å². The number of benzene rings is 1. The van der Waals surface area contributed by atoms with Gasteiger partial charge in [0.05, 0.1) is 25.4 Å². The Hall–Kier alpha value is -2.64. The molecule has 282 valence electrons. The number of hydrogen-bond donors (Lipinski definition) is 3. The molecule has 8 atom stereocenters. The maximum atomic E-state index is 14.9. The minimum atomic E-state index is -1.08. The number of carbonyl (C=O) groups is 2. The van der Waals surface area contributed by atoms with E-state index in [1.165, 1.54) is 38.5 Å². The smallest absolute Gasteiger partial charge is 0.317 e. The largest absolute Gasteiger partial charge is 0.497 e. The molecule has 3 N–H and O–H groups in total. The molecule has 0 aromatic heterocycles. The van der Waals surface area contributed by atoms with Crippen molar-refractivity contribution in [2.45, 2.75) is 129 Å². The maximum absolute atomic E-state index is 14.9. The second-order valence-electron chi connectivity index (χ2n) is 20.2. The van der Waals surface area contributed by atoms with Gasteiger partial charge in [0.1, 0.15) is 5.75 Å². The number of nitrogens with zero attached hydrogens (tertiary/aromatic N) is 1. The number of allylic oxidation sites excluding steroid dienone is 4. The molecule has 11 rings (SSSR count). The minimum Gasteiger partial charge on any atom is -0.497 e. The zero-order valence-electron chi connectivity index (χ0n) is 32.3. The van der Waals surface area contributed by atoms with E-state index in [2.05, 4.69) is 42.3 Å². The first-order valence-corrected chi connectivity index (χ1v) is 20.8. The summed E-state index contributed by atoms with van der Waals surface area (Å²) < 4.78 is 5.44. The van der Waals surface area contributed by atoms with Crippen LogP contribution in [-0.4, -0.2) is 64.9 Å². The molecule has 52 heavy (non-hydrogen) atoms. The van der Waals surface area contributed by atoms with Crippen LogP contribution in [0.4, 0.5) is 4.79 Å². The molecule has 8 unspecified atom stereocenters. The normalized spacial score (nSPS) is 46.3. The maximum Gasteiger partial charge on any atom is 0.317 e. The first-order chi connectivity index (χ1) is 24.7. The van der Waals surface area contributed by atoms with Gasteiger partial charge < -0.3 is 25.2 Å². The number of hydrogen-bond acceptors (Lipinski definition) is 5. The molecule has 1 aromatic carbocycles. The van der Waals surface area contributed by atoms with Crippen molar-refractivity contribution in [2.24, 2.45) is 56.7 Å². The van der Waals surface area contributed by atoms with Gasteiger partial charge in [-0.15, -0.1) is 0 Å². The zero-order chi connectivity index (χ0) is 36.5. The molecule has 7 heteroatoms. The molecule has 0 saturated heterocycles. The lowest BCUT2D eigenvalue weighted by Crippen LogP contribution is -2.68. The van der Waals surface area contributed by atoms with Gasteiger partial charge in [0, 0.05) is 40.0 Å². The molecule has 0 radical (unpaired) electrons. The number of ketones is 1. The quantitative estimate of drug-likeness (QED) is 0.187. The number of fused-ring (bicyclic) bond motifs is 1. The summed E-state index contributed by atoms with van der Waals surface area (Å²) in [6, 6.07) is 7.48. The van der Waals surface area contributed by atoms with E-state index in [1.807, 2.05) is 38.1 Å². The van der Waals surface area contributed by atoms with Crippen molar-refractivity contribution in [1.29, 1.82) is 0 Å². The Morgan fingerprint density at radius 3 is 2.12 bits per heavy atom. The second kappa shape index (κ2) is 11.7. The Kier molecular flexibility index (Phi) is 7.88. The Morgan fingerprint density at radius 2 is 1.48 bits per heavy atom. The van der Waals surface area contributed by atoms with E-state index < -0.39 is 16.4 Å². The van der Waals surface area contributed by atoms with Gasteiger partial charge in [0.2, 0.25) is 0 Å². The van der Waals surface area contributed by atoms with Gasteiger partial charge in [-0.1, -0.05) is 32.1 Å². The van der Waals surface area contributed by atoms with Gasteiger partial charge in [-0.3, -0.25) is 4.79 Å². The third-order valence-electron chi connectivity index (χ3n) is 17.2. The molecule has 1 aromatic rings. The summed E-state index contributed by atoms with van der Waals surface area (Å²) in [4.78, 5) is 31.2. The number of amides is 2. The van der Waals surface area contributed by atoms with E-state index >= 15 is 0 Å². The number of methoxy groups -OCH3 is 1. The zero-order valence-corrected chi connectivity index (χ0v) is 32.3. The molecular weight excluding hydrogens is 649 g/mol. The predicted molar refractivity (Wildman–Crippen MR) is 202 cm³/mol. The van der Waals surface area contributed by atoms with E-state index in [0.29, 0.717) is 24.9 Å². The molecule has 2 amide bonds. The number of ether oxygens (including phenoxy) is 1. The predicted octanol–water partition coefficient (Wildman–Crippen LogP) is 8.11. The Bertz CT molecular complexity index is 1660. The van der Waals surface area contributed by atoms with Crippen molar-refractivity contribution in [2.75, 3.05) is 20.2 Å². The van der Waals surface area contributed by atoms with Crippen molar-refractivity contribution >= 4 is 11.8 Å². The van der Waals surface area contributed by atoms with Crippen LogP contribution >= 0.6 is 0 Å². The fraction of sp³-hybridized carbons (Fsp3) is 0.733. The molecule has 7 saturated carbocycles. The average molecular weight is 711 g/mol. The van der Waals surface area contributed by atoms with Crippen molar-refractivity contribution < 1.29 is 24.5 Å². The van der Waals surface area contributed by atoms with Gasteiger partial charge in [0.15, 0.2) is 5.78 Å². The van der Waals surface area contributed by atoms with Crippen molar-refractivity contribution in [1.82, 2.24) is 10.2 Å². The Balaban J connectivity index is 1.10. The van der Waals surface area contributed by atoms with Gasteiger partial charge in [0.25, 0.3) is 0 Å². The molecule has 7 fully saturated rings. The summed E-state index contributed by atoms with van der Waals surface area (Å²) in [7, 11) is 1.64. The lowest BCUT2D eigenvalue weighted by molar-refractivity contribution is -0.176. The van der Waals surface area contributed by atoms with Gasteiger partial charge in [-0.05, 0) is 162 Å². The standard InChI is InChI=1S/C45H62N2O5/c1-28(2)46-39(50)47(26-42-21-29-18-30(22-42)20-31(19-29)23-42)27-44(51)15-12-37-41(44,4)14-11-36-40(3)13-10-33(48)24-43(40)16-17-45(36,37)35(25-43)38(49)32-6-8-34(52-5)9-7-32/h6-9,16-17,25,28-31,33,36-37,48,51H,10-15,18-24,26-27H2,1-5H3,(H,46,50). The summed E-state index contributed by atoms with van der Waals surface area (Å²) >= 11 is 0. The summed E-state index contributed by atoms with van der Waals surface area (Å²) in [5, 5.41) is 27.6. The van der Waals surface area contributed by atoms with E-state index in [-0.39, 0.29) is 52.0 Å². The first kappa shape index (κ1) is 35.1. The van der Waals surface area contributed by atoms with Crippen molar-refractivity contribution in [3.05, 3.63) is 53.6 Å². The highest BCUT2D eigenvalue weighted by molar-refractivity contribution is 6.10. The van der Waals surface area contributed by atoms with Gasteiger partial charge in [-0.2, -0.15) is 0 Å². The summed E-state index contributed by atoms with van der Waals surface area (Å²) in [5.41, 5.74) is -0.886. The number of Topliss-reactive ketones (excluding diaryl/α,β-unsaturated/α-hetero) is 1. The lowest BCUT2D eigenvalue weighted by atomic mass is 9.32. The van der Waals surface area contributed by atoms with Crippen LogP contribution in [0.25, 0.3) is 0 Å². The third kappa shape index (κ3) is 4.82. The number of aliphatic hydroxyl groups excluding tert-OH is 1. The lowest BCUT2D eigenvalue weighted by Gasteiger charge is -2.71. The van der Waals surface area contributed by atoms with E-state index in [9.17, 15) is 19.8 Å². The topological polar surface area (TPSA) is 99.1 Å². The molecule has 10 aliphatic carbocycles. The monoisotopic (exact) mass is 710 g/mol. The third-order valence-corrected chi connectivity index (χ3v) is 17.2. The molecule has 7 nitrogen and oxygen atoms in total. The highest BCUT2D eigenvalue weighted by Gasteiger charge is 2.74. The van der Waals surface area contributed by atoms with Gasteiger partial charge >= 0.3 is 6.03 Å². The van der Waals surface area contributed by atoms with Crippen LogP contribution in [0.3, 0.4) is 0 Å². The minimum absolute atomic E-state index is 0.0172. The van der Waals surface area contributed by atoms with Crippen molar-refractivity contribution in [3.8, 4) is 5.75 Å². The van der Waals surface area contributed by atoms with Crippen molar-refractivity contribution in [3.63, 3.8) is 0 Å². The van der Waals surface area contributed by atoms with Crippen LogP contribution in [0.2, 0.25) is 0 Å². The van der Waals surface area contributed by atoms with Crippen LogP contribution < -0.4 is 10.1 Å². The van der Waals surface area contributed by atoms with Crippen LogP contribution in [0, 0.1) is 56.7 Å². The fourth-order valence-electron chi connectivity index (χ4n) is 15.2. The van der Waals surface area contributed by atoms with Crippen LogP contribution in [-0.2, 0) is 0 Å². The average Bonchev–Trinajstić information content (AvgIpc) is 3.36. The first-order valence-electron chi connectivity index (χ1n) is 20.8. The molecule has 0 aliphatic heterocycles. The summed E-state index contributed by atoms with van der Waals surface area (Å²) in [6.45, 7) is 9.85. The second-order valence-corrected chi connectivity index (χ2v) is 20.2. The van der Waals surface area contributed by atoms with E-state index in [0.717, 1.165) is 67.7 Å². The molecule has 2 spiro atoms. The SMILES string of the molecule is COc1ccc(C(=O)C2=CC34C=CC25C(CCC2(C)C5CCC2(O)CN(CC25CC6CC(CC(C6)C2)C5)C(=O)NC(C)C)C3(C)CCC(O)C4)cc1. The Morgan fingerprint density at radius 1 is 0.865 bits per heavy atom. The number of rotatable bonds is 8. The van der Waals surface area contributed by atoms with Gasteiger partial charge in [-0.25, -0.2) is 4.79 Å². The number of urea groups is 1. The molecule has 6 bridgehead atoms. The summed E-state index contributed by atoms with van der Waals surface area (Å²) in [6.07, 6.45) is 20.0. The highest BCUT2D eigenvalue weighted by atomic mass is 16.5.